The van der Waals surface area contributed by atoms with Crippen molar-refractivity contribution in [2.24, 2.45) is 0 Å². The van der Waals surface area contributed by atoms with Crippen LogP contribution in [0.1, 0.15) is 44.3 Å². The summed E-state index contributed by atoms with van der Waals surface area (Å²) in [6.07, 6.45) is 0. The molecule has 0 unspecified atom stereocenters. The van der Waals surface area contributed by atoms with Crippen LogP contribution in [0.15, 0.2) is 36.4 Å². The zero-order valence-corrected chi connectivity index (χ0v) is 13.1. The lowest BCUT2D eigenvalue weighted by Gasteiger charge is -2.10. The van der Waals surface area contributed by atoms with Crippen molar-refractivity contribution in [2.45, 2.75) is 13.8 Å². The van der Waals surface area contributed by atoms with E-state index in [2.05, 4.69) is 16.6 Å². The Morgan fingerprint density at radius 2 is 1.65 bits per heavy atom. The number of benzene rings is 2. The zero-order chi connectivity index (χ0) is 17.0. The fourth-order valence-electron chi connectivity index (χ4n) is 2.27. The van der Waals surface area contributed by atoms with Crippen molar-refractivity contribution in [1.82, 2.24) is 0 Å². The molecular weight excluding hydrogens is 292 g/mol. The van der Waals surface area contributed by atoms with Crippen LogP contribution in [0.2, 0.25) is 0 Å². The summed E-state index contributed by atoms with van der Waals surface area (Å²) in [4.78, 5) is 24.1. The van der Waals surface area contributed by atoms with Gasteiger partial charge in [0.1, 0.15) is 5.75 Å². The highest BCUT2D eigenvalue weighted by Gasteiger charge is 2.18. The molecule has 23 heavy (non-hydrogen) atoms. The fourth-order valence-corrected chi connectivity index (χ4v) is 2.27. The highest BCUT2D eigenvalue weighted by atomic mass is 16.5. The molecule has 0 radical (unpaired) electrons. The predicted octanol–water partition coefficient (Wildman–Crippen LogP) is 3.09. The summed E-state index contributed by atoms with van der Waals surface area (Å²) in [6.45, 7) is 3.45. The van der Waals surface area contributed by atoms with Gasteiger partial charge in [-0.2, -0.15) is 0 Å². The second-order valence-corrected chi connectivity index (χ2v) is 4.91. The van der Waals surface area contributed by atoms with Crippen LogP contribution in [0.25, 0.3) is 0 Å². The average Bonchev–Trinajstić information content (AvgIpc) is 2.57. The molecule has 0 fully saturated rings. The summed E-state index contributed by atoms with van der Waals surface area (Å²) in [5.74, 6) is 4.81. The molecule has 0 aliphatic heterocycles. The first kappa shape index (κ1) is 16.3. The third kappa shape index (κ3) is 3.24. The maximum absolute atomic E-state index is 12.7. The highest BCUT2D eigenvalue weighted by Crippen LogP contribution is 2.26. The summed E-state index contributed by atoms with van der Waals surface area (Å²) in [5, 5.41) is 10.1. The van der Waals surface area contributed by atoms with E-state index < -0.39 is 5.97 Å². The average molecular weight is 308 g/mol. The third-order valence-electron chi connectivity index (χ3n) is 3.50. The molecule has 1 N–H and O–H groups in total. The van der Waals surface area contributed by atoms with Gasteiger partial charge in [0.25, 0.3) is 0 Å². The molecule has 0 aliphatic carbocycles. The normalized spacial score (nSPS) is 9.70. The number of methoxy groups -OCH3 is 1. The lowest BCUT2D eigenvalue weighted by atomic mass is 9.94. The van der Waals surface area contributed by atoms with Gasteiger partial charge in [0.2, 0.25) is 0 Å². The second kappa shape index (κ2) is 6.80. The minimum absolute atomic E-state index is 0.0915. The smallest absolute Gasteiger partial charge is 0.337 e. The van der Waals surface area contributed by atoms with Gasteiger partial charge >= 0.3 is 5.97 Å². The lowest BCUT2D eigenvalue weighted by molar-refractivity contribution is 0.0600. The number of esters is 1. The number of carbonyl (C=O) groups is 2. The van der Waals surface area contributed by atoms with Crippen molar-refractivity contribution in [2.75, 3.05) is 7.11 Å². The van der Waals surface area contributed by atoms with E-state index >= 15 is 0 Å². The van der Waals surface area contributed by atoms with E-state index in [1.807, 2.05) is 0 Å². The number of carbonyl (C=O) groups excluding carboxylic acids is 2. The number of phenols is 1. The quantitative estimate of drug-likeness (QED) is 0.537. The van der Waals surface area contributed by atoms with Crippen LogP contribution in [0.4, 0.5) is 0 Å². The Kier molecular flexibility index (Phi) is 4.82. The number of rotatable bonds is 3. The first-order chi connectivity index (χ1) is 11.0. The van der Waals surface area contributed by atoms with Crippen molar-refractivity contribution in [3.05, 3.63) is 64.2 Å². The van der Waals surface area contributed by atoms with E-state index in [-0.39, 0.29) is 17.1 Å². The van der Waals surface area contributed by atoms with Crippen LogP contribution < -0.4 is 0 Å². The molecule has 4 nitrogen and oxygen atoms in total. The molecule has 2 aromatic rings. The maximum Gasteiger partial charge on any atom is 0.337 e. The molecule has 0 spiro atoms. The van der Waals surface area contributed by atoms with Gasteiger partial charge in [-0.3, -0.25) is 4.79 Å². The molecule has 0 bridgehead atoms. The molecule has 116 valence electrons. The van der Waals surface area contributed by atoms with E-state index in [0.29, 0.717) is 22.3 Å². The van der Waals surface area contributed by atoms with Gasteiger partial charge in [-0.15, -0.1) is 5.92 Å². The Bertz CT molecular complexity index is 821. The van der Waals surface area contributed by atoms with Crippen LogP contribution in [-0.2, 0) is 4.74 Å². The van der Waals surface area contributed by atoms with Crippen molar-refractivity contribution < 1.29 is 19.4 Å². The highest BCUT2D eigenvalue weighted by molar-refractivity contribution is 6.12. The van der Waals surface area contributed by atoms with Crippen LogP contribution in [-0.4, -0.2) is 24.0 Å². The Morgan fingerprint density at radius 3 is 2.22 bits per heavy atom. The van der Waals surface area contributed by atoms with Gasteiger partial charge in [-0.05, 0) is 43.7 Å². The van der Waals surface area contributed by atoms with E-state index in [1.54, 1.807) is 19.9 Å². The van der Waals surface area contributed by atoms with Gasteiger partial charge in [0.15, 0.2) is 5.78 Å². The summed E-state index contributed by atoms with van der Waals surface area (Å²) < 4.78 is 4.62. The monoisotopic (exact) mass is 308 g/mol. The molecule has 0 aliphatic rings. The lowest BCUT2D eigenvalue weighted by Crippen LogP contribution is -2.07. The first-order valence-electron chi connectivity index (χ1n) is 6.98. The molecule has 0 heterocycles. The summed E-state index contributed by atoms with van der Waals surface area (Å²) in [5.41, 5.74) is 2.27. The minimum atomic E-state index is -0.469. The van der Waals surface area contributed by atoms with Gasteiger partial charge in [0, 0.05) is 11.1 Å². The summed E-state index contributed by atoms with van der Waals surface area (Å²) >= 11 is 0. The van der Waals surface area contributed by atoms with Crippen molar-refractivity contribution in [3.63, 3.8) is 0 Å². The largest absolute Gasteiger partial charge is 0.507 e. The van der Waals surface area contributed by atoms with Crippen LogP contribution in [0.5, 0.6) is 5.75 Å². The fraction of sp³-hybridized carbons (Fsp3) is 0.158. The minimum Gasteiger partial charge on any atom is -0.507 e. The van der Waals surface area contributed by atoms with E-state index in [0.717, 1.165) is 0 Å². The molecule has 0 aromatic heterocycles. The number of ether oxygens (including phenoxy) is 1. The number of phenolic OH excluding ortho intramolecular Hbond substituents is 1. The summed E-state index contributed by atoms with van der Waals surface area (Å²) in [7, 11) is 1.29. The number of hydrogen-bond donors (Lipinski definition) is 1. The molecule has 0 amide bonds. The Balaban J connectivity index is 2.46. The van der Waals surface area contributed by atoms with E-state index in [1.165, 1.54) is 37.4 Å². The van der Waals surface area contributed by atoms with Crippen LogP contribution in [0.3, 0.4) is 0 Å². The topological polar surface area (TPSA) is 63.6 Å². The Morgan fingerprint density at radius 1 is 1.04 bits per heavy atom. The van der Waals surface area contributed by atoms with Crippen molar-refractivity contribution >= 4 is 11.8 Å². The Labute approximate surface area is 134 Å². The number of hydrogen-bond acceptors (Lipinski definition) is 4. The molecule has 4 heteroatoms. The van der Waals surface area contributed by atoms with Gasteiger partial charge in [-0.1, -0.05) is 18.1 Å². The summed E-state index contributed by atoms with van der Waals surface area (Å²) in [6, 6.07) is 9.24. The number of ketones is 1. The standard InChI is InChI=1S/C19H16O4/c1-4-5-13-10-11-16(20)17(12(13)2)18(21)14-6-8-15(9-7-14)19(22)23-3/h6-11,20H,1-3H3. The molecule has 0 saturated heterocycles. The van der Waals surface area contributed by atoms with Crippen LogP contribution >= 0.6 is 0 Å². The Hall–Kier alpha value is -3.06. The van der Waals surface area contributed by atoms with E-state index in [4.69, 9.17) is 0 Å². The molecule has 2 aromatic carbocycles. The van der Waals surface area contributed by atoms with Crippen molar-refractivity contribution in [1.29, 1.82) is 0 Å². The second-order valence-electron chi connectivity index (χ2n) is 4.91. The third-order valence-corrected chi connectivity index (χ3v) is 3.50. The van der Waals surface area contributed by atoms with Gasteiger partial charge in [-0.25, -0.2) is 4.79 Å². The maximum atomic E-state index is 12.7. The SMILES string of the molecule is CC#Cc1ccc(O)c(C(=O)c2ccc(C(=O)OC)cc2)c1C. The predicted molar refractivity (Wildman–Crippen MR) is 86.6 cm³/mol. The van der Waals surface area contributed by atoms with Gasteiger partial charge in [0.05, 0.1) is 18.2 Å². The number of aromatic hydroxyl groups is 1. The molecule has 0 atom stereocenters. The van der Waals surface area contributed by atoms with Crippen molar-refractivity contribution in [3.8, 4) is 17.6 Å². The molecular formula is C19H16O4. The molecule has 2 rings (SSSR count). The molecule has 0 saturated carbocycles. The van der Waals surface area contributed by atoms with Gasteiger partial charge < -0.3 is 9.84 Å². The zero-order valence-electron chi connectivity index (χ0n) is 13.1. The van der Waals surface area contributed by atoms with Crippen LogP contribution in [0, 0.1) is 18.8 Å². The van der Waals surface area contributed by atoms with E-state index in [9.17, 15) is 14.7 Å². The first-order valence-corrected chi connectivity index (χ1v) is 6.98.